The molecule has 0 bridgehead atoms. The Hall–Kier alpha value is -1.64. The third-order valence-electron chi connectivity index (χ3n) is 3.79. The van der Waals surface area contributed by atoms with Crippen molar-refractivity contribution < 1.29 is 0 Å². The van der Waals surface area contributed by atoms with E-state index in [0.717, 1.165) is 6.42 Å². The molecular weight excluding hydrogens is 231 g/mol. The first-order valence-electron chi connectivity index (χ1n) is 7.00. The first kappa shape index (κ1) is 13.8. The lowest BCUT2D eigenvalue weighted by Gasteiger charge is -2.13. The van der Waals surface area contributed by atoms with E-state index >= 15 is 0 Å². The van der Waals surface area contributed by atoms with Gasteiger partial charge in [0.25, 0.3) is 0 Å². The van der Waals surface area contributed by atoms with Gasteiger partial charge in [0.05, 0.1) is 0 Å². The summed E-state index contributed by atoms with van der Waals surface area (Å²) >= 11 is 0. The first-order chi connectivity index (χ1) is 8.99. The Morgan fingerprint density at radius 1 is 1.21 bits per heavy atom. The Bertz CT molecular complexity index is 558. The van der Waals surface area contributed by atoms with E-state index in [1.165, 1.54) is 22.3 Å². The van der Waals surface area contributed by atoms with Crippen LogP contribution in [0.2, 0.25) is 0 Å². The van der Waals surface area contributed by atoms with Gasteiger partial charge in [0.2, 0.25) is 0 Å². The minimum atomic E-state index is 0.465. The third kappa shape index (κ3) is 3.03. The maximum absolute atomic E-state index is 6.00. The summed E-state index contributed by atoms with van der Waals surface area (Å²) in [5.41, 5.74) is 5.32. The maximum Gasteiger partial charge on any atom is 0.139 e. The van der Waals surface area contributed by atoms with Crippen molar-refractivity contribution >= 4 is 13.3 Å². The van der Waals surface area contributed by atoms with Gasteiger partial charge < -0.3 is 5.84 Å². The van der Waals surface area contributed by atoms with Crippen LogP contribution in [0.1, 0.15) is 49.4 Å². The second-order valence-corrected chi connectivity index (χ2v) is 5.80. The summed E-state index contributed by atoms with van der Waals surface area (Å²) in [6, 6.07) is 10.9. The molecule has 0 fully saturated rings. The molecule has 0 spiro atoms. The van der Waals surface area contributed by atoms with Crippen LogP contribution < -0.4 is 11.3 Å². The van der Waals surface area contributed by atoms with Crippen LogP contribution in [-0.2, 0) is 6.42 Å². The van der Waals surface area contributed by atoms with E-state index < -0.39 is 0 Å². The molecule has 2 N–H and O–H groups in total. The molecule has 0 aliphatic rings. The smallest absolute Gasteiger partial charge is 0.139 e. The molecule has 1 heterocycles. The van der Waals surface area contributed by atoms with E-state index in [1.807, 2.05) is 0 Å². The minimum absolute atomic E-state index is 0.465. The molecule has 0 radical (unpaired) electrons. The molecule has 3 heteroatoms. The van der Waals surface area contributed by atoms with Crippen LogP contribution in [0.4, 0.5) is 0 Å². The SMILES string of the molecule is Bc1ccccc1C(C)Cc1cc(C(C)C)n(N)c1. The number of hydrogen-bond donors (Lipinski definition) is 1. The van der Waals surface area contributed by atoms with Gasteiger partial charge in [-0.25, -0.2) is 0 Å². The molecule has 1 aromatic heterocycles. The van der Waals surface area contributed by atoms with E-state index in [-0.39, 0.29) is 0 Å². The van der Waals surface area contributed by atoms with Gasteiger partial charge in [0, 0.05) is 11.9 Å². The first-order valence-corrected chi connectivity index (χ1v) is 7.00. The van der Waals surface area contributed by atoms with Crippen LogP contribution >= 0.6 is 0 Å². The summed E-state index contributed by atoms with van der Waals surface area (Å²) in [5.74, 6) is 6.99. The predicted molar refractivity (Wildman–Crippen MR) is 85.4 cm³/mol. The summed E-state index contributed by atoms with van der Waals surface area (Å²) in [7, 11) is 2.18. The molecule has 19 heavy (non-hydrogen) atoms. The van der Waals surface area contributed by atoms with Crippen LogP contribution in [0, 0.1) is 0 Å². The van der Waals surface area contributed by atoms with Crippen molar-refractivity contribution in [2.24, 2.45) is 0 Å². The fourth-order valence-electron chi connectivity index (χ4n) is 2.73. The predicted octanol–water partition coefficient (Wildman–Crippen LogP) is 1.93. The number of nitrogens with zero attached hydrogens (tertiary/aromatic N) is 1. The van der Waals surface area contributed by atoms with E-state index in [9.17, 15) is 0 Å². The molecule has 1 atom stereocenters. The minimum Gasteiger partial charge on any atom is -0.339 e. The molecule has 2 aromatic rings. The molecule has 0 saturated carbocycles. The number of hydrogen-bond acceptors (Lipinski definition) is 1. The van der Waals surface area contributed by atoms with E-state index in [1.54, 1.807) is 4.68 Å². The van der Waals surface area contributed by atoms with Gasteiger partial charge in [-0.2, -0.15) is 0 Å². The molecule has 0 saturated heterocycles. The Labute approximate surface area is 117 Å². The summed E-state index contributed by atoms with van der Waals surface area (Å²) in [6.45, 7) is 6.63. The number of rotatable bonds is 4. The molecule has 1 unspecified atom stereocenters. The van der Waals surface area contributed by atoms with Gasteiger partial charge in [-0.15, -0.1) is 0 Å². The average molecular weight is 254 g/mol. The molecule has 2 nitrogen and oxygen atoms in total. The molecule has 2 rings (SSSR count). The van der Waals surface area contributed by atoms with Crippen LogP contribution in [0.5, 0.6) is 0 Å². The van der Waals surface area contributed by atoms with Crippen molar-refractivity contribution in [3.63, 3.8) is 0 Å². The zero-order valence-corrected chi connectivity index (χ0v) is 12.4. The van der Waals surface area contributed by atoms with Crippen LogP contribution in [0.3, 0.4) is 0 Å². The number of nitrogens with two attached hydrogens (primary N) is 1. The second-order valence-electron chi connectivity index (χ2n) is 5.80. The quantitative estimate of drug-likeness (QED) is 0.656. The van der Waals surface area contributed by atoms with Crippen molar-refractivity contribution in [3.05, 3.63) is 53.3 Å². The molecular formula is C16H23BN2. The summed E-state index contributed by atoms with van der Waals surface area (Å²) < 4.78 is 1.77. The standard InChI is InChI=1S/C16H23BN2/c1-11(2)16-9-13(10-19(16)18)8-12(3)14-6-4-5-7-15(14)17/h4-7,9-12H,8,17-18H2,1-3H3. The zero-order chi connectivity index (χ0) is 14.0. The highest BCUT2D eigenvalue weighted by Crippen LogP contribution is 2.22. The van der Waals surface area contributed by atoms with Gasteiger partial charge in [-0.3, -0.25) is 4.68 Å². The number of benzene rings is 1. The van der Waals surface area contributed by atoms with Gasteiger partial charge in [0.1, 0.15) is 7.85 Å². The van der Waals surface area contributed by atoms with E-state index in [2.05, 4.69) is 65.1 Å². The molecule has 1 aromatic carbocycles. The lowest BCUT2D eigenvalue weighted by molar-refractivity contribution is 0.761. The average Bonchev–Trinajstić information content (AvgIpc) is 2.70. The van der Waals surface area contributed by atoms with Crippen molar-refractivity contribution in [1.29, 1.82) is 0 Å². The summed E-state index contributed by atoms with van der Waals surface area (Å²) in [6.07, 6.45) is 3.10. The van der Waals surface area contributed by atoms with Gasteiger partial charge in [-0.05, 0) is 29.9 Å². The molecule has 0 amide bonds. The Morgan fingerprint density at radius 2 is 1.89 bits per heavy atom. The van der Waals surface area contributed by atoms with Crippen molar-refractivity contribution in [1.82, 2.24) is 4.68 Å². The van der Waals surface area contributed by atoms with Crippen molar-refractivity contribution in [2.45, 2.75) is 39.0 Å². The highest BCUT2D eigenvalue weighted by atomic mass is 15.3. The summed E-state index contributed by atoms with van der Waals surface area (Å²) in [5, 5.41) is 0. The lowest BCUT2D eigenvalue weighted by atomic mass is 9.83. The van der Waals surface area contributed by atoms with Crippen molar-refractivity contribution in [2.75, 3.05) is 5.84 Å². The summed E-state index contributed by atoms with van der Waals surface area (Å²) in [4.78, 5) is 0. The third-order valence-corrected chi connectivity index (χ3v) is 3.79. The highest BCUT2D eigenvalue weighted by molar-refractivity contribution is 6.33. The maximum atomic E-state index is 6.00. The van der Waals surface area contributed by atoms with Crippen LogP contribution in [0.15, 0.2) is 36.5 Å². The van der Waals surface area contributed by atoms with E-state index in [4.69, 9.17) is 5.84 Å². The van der Waals surface area contributed by atoms with Gasteiger partial charge >= 0.3 is 0 Å². The van der Waals surface area contributed by atoms with Gasteiger partial charge in [0.15, 0.2) is 0 Å². The normalized spacial score (nSPS) is 12.8. The molecule has 0 aliphatic carbocycles. The molecule has 100 valence electrons. The number of aromatic nitrogens is 1. The molecule has 0 aliphatic heterocycles. The highest BCUT2D eigenvalue weighted by Gasteiger charge is 2.12. The largest absolute Gasteiger partial charge is 0.339 e. The fraction of sp³-hybridized carbons (Fsp3) is 0.375. The van der Waals surface area contributed by atoms with Gasteiger partial charge in [-0.1, -0.05) is 56.1 Å². The fourth-order valence-corrected chi connectivity index (χ4v) is 2.73. The topological polar surface area (TPSA) is 30.9 Å². The second kappa shape index (κ2) is 5.56. The zero-order valence-electron chi connectivity index (χ0n) is 12.4. The Kier molecular flexibility index (Phi) is 4.03. The van der Waals surface area contributed by atoms with Crippen LogP contribution in [-0.4, -0.2) is 12.5 Å². The monoisotopic (exact) mass is 254 g/mol. The Balaban J connectivity index is 2.17. The Morgan fingerprint density at radius 3 is 2.47 bits per heavy atom. The number of nitrogen functional groups attached to an aromatic ring is 1. The van der Waals surface area contributed by atoms with Crippen LogP contribution in [0.25, 0.3) is 0 Å². The van der Waals surface area contributed by atoms with Crippen molar-refractivity contribution in [3.8, 4) is 0 Å². The lowest BCUT2D eigenvalue weighted by Crippen LogP contribution is -2.13. The van der Waals surface area contributed by atoms with E-state index in [0.29, 0.717) is 11.8 Å².